The molecule has 7 heteroatoms. The summed E-state index contributed by atoms with van der Waals surface area (Å²) < 4.78 is 37.2. The Morgan fingerprint density at radius 1 is 1.32 bits per heavy atom. The Bertz CT molecular complexity index is 421. The van der Waals surface area contributed by atoms with Crippen LogP contribution in [0.25, 0.3) is 0 Å². The Kier molecular flexibility index (Phi) is 5.02. The van der Waals surface area contributed by atoms with Gasteiger partial charge in [-0.25, -0.2) is 0 Å². The third kappa shape index (κ3) is 4.60. The normalized spacial score (nSPS) is 13.4. The number of anilines is 1. The number of aromatic hydroxyl groups is 1. The SMILES string of the molecule is CC(O)c1ccc(N(CCO)CC(F)(F)F)cc1O. The Balaban J connectivity index is 3.00. The van der Waals surface area contributed by atoms with Crippen molar-refractivity contribution in [2.24, 2.45) is 0 Å². The number of halogens is 3. The summed E-state index contributed by atoms with van der Waals surface area (Å²) in [5.41, 5.74) is 0.369. The number of aliphatic hydroxyl groups excluding tert-OH is 2. The maximum Gasteiger partial charge on any atom is 0.405 e. The lowest BCUT2D eigenvalue weighted by molar-refractivity contribution is -0.119. The van der Waals surface area contributed by atoms with Gasteiger partial charge in [-0.2, -0.15) is 13.2 Å². The van der Waals surface area contributed by atoms with Gasteiger partial charge < -0.3 is 20.2 Å². The van der Waals surface area contributed by atoms with Gasteiger partial charge in [0.2, 0.25) is 0 Å². The number of hydrogen-bond acceptors (Lipinski definition) is 4. The number of alkyl halides is 3. The average Bonchev–Trinajstić information content (AvgIpc) is 2.26. The molecule has 0 bridgehead atoms. The molecule has 4 nitrogen and oxygen atoms in total. The van der Waals surface area contributed by atoms with Crippen LogP contribution >= 0.6 is 0 Å². The number of nitrogens with zero attached hydrogens (tertiary/aromatic N) is 1. The predicted octanol–water partition coefficient (Wildman–Crippen LogP) is 1.81. The van der Waals surface area contributed by atoms with Crippen LogP contribution in [0.4, 0.5) is 18.9 Å². The molecule has 1 rings (SSSR count). The number of hydrogen-bond donors (Lipinski definition) is 3. The fourth-order valence-corrected chi connectivity index (χ4v) is 1.72. The van der Waals surface area contributed by atoms with E-state index < -0.39 is 25.4 Å². The first-order chi connectivity index (χ1) is 8.74. The van der Waals surface area contributed by atoms with Gasteiger partial charge in [-0.15, -0.1) is 0 Å². The number of aliphatic hydroxyl groups is 2. The van der Waals surface area contributed by atoms with Crippen LogP contribution in [-0.2, 0) is 0 Å². The van der Waals surface area contributed by atoms with Gasteiger partial charge in [0.05, 0.1) is 12.7 Å². The summed E-state index contributed by atoms with van der Waals surface area (Å²) in [6.07, 6.45) is -5.32. The van der Waals surface area contributed by atoms with E-state index in [0.717, 1.165) is 11.0 Å². The third-order valence-electron chi connectivity index (χ3n) is 2.57. The van der Waals surface area contributed by atoms with Gasteiger partial charge in [0.25, 0.3) is 0 Å². The second-order valence-corrected chi connectivity index (χ2v) is 4.18. The zero-order valence-corrected chi connectivity index (χ0v) is 10.4. The van der Waals surface area contributed by atoms with Crippen LogP contribution in [0.5, 0.6) is 5.75 Å². The van der Waals surface area contributed by atoms with Crippen molar-refractivity contribution in [3.63, 3.8) is 0 Å². The minimum absolute atomic E-state index is 0.133. The summed E-state index contributed by atoms with van der Waals surface area (Å²) in [6.45, 7) is -0.418. The first-order valence-electron chi connectivity index (χ1n) is 5.68. The number of phenolic OH excluding ortho intramolecular Hbond substituents is 1. The van der Waals surface area contributed by atoms with Crippen molar-refractivity contribution in [2.45, 2.75) is 19.2 Å². The second-order valence-electron chi connectivity index (χ2n) is 4.18. The van der Waals surface area contributed by atoms with E-state index in [9.17, 15) is 23.4 Å². The molecule has 1 aromatic rings. The van der Waals surface area contributed by atoms with Gasteiger partial charge in [-0.05, 0) is 13.0 Å². The van der Waals surface area contributed by atoms with E-state index in [4.69, 9.17) is 5.11 Å². The molecule has 0 aliphatic carbocycles. The monoisotopic (exact) mass is 279 g/mol. The number of phenols is 1. The summed E-state index contributed by atoms with van der Waals surface area (Å²) in [4.78, 5) is 0.908. The maximum atomic E-state index is 12.4. The van der Waals surface area contributed by atoms with E-state index in [2.05, 4.69) is 0 Å². The van der Waals surface area contributed by atoms with Gasteiger partial charge in [0.15, 0.2) is 0 Å². The molecule has 3 N–H and O–H groups in total. The van der Waals surface area contributed by atoms with E-state index in [1.165, 1.54) is 19.1 Å². The summed E-state index contributed by atoms with van der Waals surface area (Å²) in [5, 5.41) is 27.8. The molecule has 0 radical (unpaired) electrons. The zero-order chi connectivity index (χ0) is 14.6. The maximum absolute atomic E-state index is 12.4. The molecule has 0 fully saturated rings. The van der Waals surface area contributed by atoms with Crippen molar-refractivity contribution in [3.8, 4) is 5.75 Å². The standard InChI is InChI=1S/C12H16F3NO3/c1-8(18)10-3-2-9(6-11(10)19)16(4-5-17)7-12(13,14)15/h2-3,6,8,17-19H,4-5,7H2,1H3. The molecular weight excluding hydrogens is 263 g/mol. The van der Waals surface area contributed by atoms with Crippen LogP contribution in [-0.4, -0.2) is 41.2 Å². The van der Waals surface area contributed by atoms with Crippen molar-refractivity contribution in [1.82, 2.24) is 0 Å². The van der Waals surface area contributed by atoms with Crippen LogP contribution in [0.2, 0.25) is 0 Å². The van der Waals surface area contributed by atoms with Crippen molar-refractivity contribution in [3.05, 3.63) is 23.8 Å². The Morgan fingerprint density at radius 3 is 2.37 bits per heavy atom. The molecule has 1 aromatic carbocycles. The minimum Gasteiger partial charge on any atom is -0.507 e. The zero-order valence-electron chi connectivity index (χ0n) is 10.4. The molecule has 0 aliphatic rings. The number of rotatable bonds is 5. The minimum atomic E-state index is -4.41. The van der Waals surface area contributed by atoms with Crippen molar-refractivity contribution < 1.29 is 28.5 Å². The summed E-state index contributed by atoms with van der Waals surface area (Å²) in [5.74, 6) is -0.280. The van der Waals surface area contributed by atoms with Crippen LogP contribution in [0.3, 0.4) is 0 Å². The lowest BCUT2D eigenvalue weighted by Gasteiger charge is -2.25. The molecule has 1 unspecified atom stereocenters. The largest absolute Gasteiger partial charge is 0.507 e. The van der Waals surface area contributed by atoms with Crippen LogP contribution in [0.15, 0.2) is 18.2 Å². The molecule has 0 saturated carbocycles. The third-order valence-corrected chi connectivity index (χ3v) is 2.57. The molecule has 0 saturated heterocycles. The van der Waals surface area contributed by atoms with E-state index >= 15 is 0 Å². The van der Waals surface area contributed by atoms with Crippen molar-refractivity contribution in [2.75, 3.05) is 24.6 Å². The molecule has 1 atom stereocenters. The Morgan fingerprint density at radius 2 is 1.95 bits per heavy atom. The van der Waals surface area contributed by atoms with Crippen LogP contribution in [0, 0.1) is 0 Å². The lowest BCUT2D eigenvalue weighted by atomic mass is 10.1. The molecule has 0 aliphatic heterocycles. The highest BCUT2D eigenvalue weighted by molar-refractivity contribution is 5.54. The predicted molar refractivity (Wildman–Crippen MR) is 64.1 cm³/mol. The first kappa shape index (κ1) is 15.6. The highest BCUT2D eigenvalue weighted by Gasteiger charge is 2.31. The van der Waals surface area contributed by atoms with Gasteiger partial charge in [-0.3, -0.25) is 0 Å². The molecule has 108 valence electrons. The molecule has 0 heterocycles. The lowest BCUT2D eigenvalue weighted by Crippen LogP contribution is -2.36. The van der Waals surface area contributed by atoms with Gasteiger partial charge in [0, 0.05) is 23.9 Å². The quantitative estimate of drug-likeness (QED) is 0.769. The molecule has 19 heavy (non-hydrogen) atoms. The van der Waals surface area contributed by atoms with Gasteiger partial charge in [0.1, 0.15) is 12.3 Å². The van der Waals surface area contributed by atoms with Crippen LogP contribution in [0.1, 0.15) is 18.6 Å². The highest BCUT2D eigenvalue weighted by atomic mass is 19.4. The molecule has 0 aromatic heterocycles. The van der Waals surface area contributed by atoms with Gasteiger partial charge >= 0.3 is 6.18 Å². The summed E-state index contributed by atoms with van der Waals surface area (Å²) in [6, 6.07) is 3.86. The fraction of sp³-hybridized carbons (Fsp3) is 0.500. The molecular formula is C12H16F3NO3. The summed E-state index contributed by atoms with van der Waals surface area (Å²) in [7, 11) is 0. The summed E-state index contributed by atoms with van der Waals surface area (Å²) >= 11 is 0. The van der Waals surface area contributed by atoms with Crippen LogP contribution < -0.4 is 4.90 Å². The smallest absolute Gasteiger partial charge is 0.405 e. The van der Waals surface area contributed by atoms with Crippen molar-refractivity contribution >= 4 is 5.69 Å². The highest BCUT2D eigenvalue weighted by Crippen LogP contribution is 2.30. The van der Waals surface area contributed by atoms with E-state index in [-0.39, 0.29) is 23.5 Å². The molecule has 0 spiro atoms. The topological polar surface area (TPSA) is 63.9 Å². The Hall–Kier alpha value is -1.47. The van der Waals surface area contributed by atoms with Gasteiger partial charge in [-0.1, -0.05) is 6.07 Å². The fourth-order valence-electron chi connectivity index (χ4n) is 1.72. The Labute approximate surface area is 108 Å². The van der Waals surface area contributed by atoms with E-state index in [0.29, 0.717) is 0 Å². The number of benzene rings is 1. The first-order valence-corrected chi connectivity index (χ1v) is 5.68. The van der Waals surface area contributed by atoms with Crippen molar-refractivity contribution in [1.29, 1.82) is 0 Å². The van der Waals surface area contributed by atoms with E-state index in [1.54, 1.807) is 0 Å². The average molecular weight is 279 g/mol. The van der Waals surface area contributed by atoms with E-state index in [1.807, 2.05) is 0 Å². The second kappa shape index (κ2) is 6.12. The molecule has 0 amide bonds.